The fourth-order valence-electron chi connectivity index (χ4n) is 3.45. The van der Waals surface area contributed by atoms with Crippen LogP contribution in [0.15, 0.2) is 54.6 Å². The second-order valence-corrected chi connectivity index (χ2v) is 6.76. The second-order valence-electron chi connectivity index (χ2n) is 6.76. The van der Waals surface area contributed by atoms with Crippen molar-refractivity contribution >= 4 is 11.9 Å². The minimum absolute atomic E-state index is 0.160. The molecule has 0 radical (unpaired) electrons. The summed E-state index contributed by atoms with van der Waals surface area (Å²) in [6, 6.07) is 17.4. The Kier molecular flexibility index (Phi) is 5.25. The van der Waals surface area contributed by atoms with E-state index in [-0.39, 0.29) is 19.0 Å². The number of hydrogen-bond donors (Lipinski definition) is 3. The van der Waals surface area contributed by atoms with Crippen molar-refractivity contribution in [1.82, 2.24) is 15.7 Å². The first-order valence-electron chi connectivity index (χ1n) is 9.06. The van der Waals surface area contributed by atoms with Gasteiger partial charge >= 0.3 is 6.03 Å². The van der Waals surface area contributed by atoms with E-state index in [2.05, 4.69) is 5.32 Å². The summed E-state index contributed by atoms with van der Waals surface area (Å²) < 4.78 is 11.2. The third kappa shape index (κ3) is 3.84. The molecule has 0 saturated carbocycles. The number of fused-ring (bicyclic) bond motifs is 2. The van der Waals surface area contributed by atoms with Gasteiger partial charge in [-0.05, 0) is 16.7 Å². The largest absolute Gasteiger partial charge is 0.350 e. The fourth-order valence-corrected chi connectivity index (χ4v) is 3.45. The van der Waals surface area contributed by atoms with E-state index in [9.17, 15) is 9.59 Å². The molecule has 0 aliphatic carbocycles. The molecule has 0 aromatic heterocycles. The van der Waals surface area contributed by atoms with E-state index in [0.717, 1.165) is 16.7 Å². The van der Waals surface area contributed by atoms with Gasteiger partial charge in [0.25, 0.3) is 5.91 Å². The van der Waals surface area contributed by atoms with Crippen molar-refractivity contribution in [3.63, 3.8) is 0 Å². The molecule has 8 nitrogen and oxygen atoms in total. The molecule has 2 heterocycles. The molecular weight excluding hydrogens is 362 g/mol. The first-order valence-corrected chi connectivity index (χ1v) is 9.06. The van der Waals surface area contributed by atoms with Crippen molar-refractivity contribution < 1.29 is 24.3 Å². The number of urea groups is 1. The van der Waals surface area contributed by atoms with Gasteiger partial charge in [-0.15, -0.1) is 0 Å². The van der Waals surface area contributed by atoms with Crippen molar-refractivity contribution in [3.05, 3.63) is 60.2 Å². The van der Waals surface area contributed by atoms with Crippen LogP contribution in [-0.4, -0.2) is 53.6 Å². The number of carbonyl (C=O) groups is 2. The van der Waals surface area contributed by atoms with Crippen LogP contribution in [0, 0.1) is 0 Å². The van der Waals surface area contributed by atoms with Crippen LogP contribution in [0.25, 0.3) is 11.1 Å². The van der Waals surface area contributed by atoms with Gasteiger partial charge in [-0.2, -0.15) is 0 Å². The average molecular weight is 383 g/mol. The molecule has 2 bridgehead atoms. The molecule has 2 aromatic rings. The van der Waals surface area contributed by atoms with Gasteiger partial charge in [-0.25, -0.2) is 10.3 Å². The van der Waals surface area contributed by atoms with Crippen LogP contribution < -0.4 is 10.8 Å². The Labute approximate surface area is 162 Å². The van der Waals surface area contributed by atoms with E-state index in [1.165, 1.54) is 4.90 Å². The van der Waals surface area contributed by atoms with Crippen molar-refractivity contribution in [3.8, 4) is 11.1 Å². The minimum Gasteiger partial charge on any atom is -0.350 e. The summed E-state index contributed by atoms with van der Waals surface area (Å²) in [6.45, 7) is 0.701. The summed E-state index contributed by atoms with van der Waals surface area (Å²) in [7, 11) is 0. The molecule has 2 aliphatic rings. The van der Waals surface area contributed by atoms with Crippen LogP contribution in [0.2, 0.25) is 0 Å². The number of morpholine rings is 1. The molecule has 28 heavy (non-hydrogen) atoms. The maximum atomic E-state index is 12.5. The third-order valence-electron chi connectivity index (χ3n) is 4.90. The summed E-state index contributed by atoms with van der Waals surface area (Å²) in [6.07, 6.45) is -2.02. The van der Waals surface area contributed by atoms with Crippen LogP contribution in [0.3, 0.4) is 0 Å². The normalized spacial score (nSPS) is 23.3. The molecule has 146 valence electrons. The Morgan fingerprint density at radius 2 is 1.71 bits per heavy atom. The Morgan fingerprint density at radius 1 is 1.00 bits per heavy atom. The number of nitrogens with one attached hydrogen (secondary N) is 2. The number of rotatable bonds is 4. The number of ether oxygens (including phenoxy) is 2. The minimum atomic E-state index is -0.787. The summed E-state index contributed by atoms with van der Waals surface area (Å²) in [5, 5.41) is 11.6. The van der Waals surface area contributed by atoms with Gasteiger partial charge in [0.05, 0.1) is 13.1 Å². The van der Waals surface area contributed by atoms with Gasteiger partial charge in [-0.3, -0.25) is 10.0 Å². The number of benzene rings is 2. The molecule has 3 amide bonds. The van der Waals surface area contributed by atoms with Crippen molar-refractivity contribution in [2.24, 2.45) is 0 Å². The highest BCUT2D eigenvalue weighted by Crippen LogP contribution is 2.26. The van der Waals surface area contributed by atoms with Gasteiger partial charge in [0.2, 0.25) is 0 Å². The number of nitrogens with zero attached hydrogens (tertiary/aromatic N) is 1. The lowest BCUT2D eigenvalue weighted by atomic mass is 10.0. The average Bonchev–Trinajstić information content (AvgIpc) is 3.05. The van der Waals surface area contributed by atoms with Crippen LogP contribution in [0.4, 0.5) is 4.79 Å². The highest BCUT2D eigenvalue weighted by molar-refractivity contribution is 5.82. The van der Waals surface area contributed by atoms with E-state index >= 15 is 0 Å². The van der Waals surface area contributed by atoms with Crippen molar-refractivity contribution in [2.75, 3.05) is 13.1 Å². The van der Waals surface area contributed by atoms with E-state index in [0.29, 0.717) is 6.54 Å². The monoisotopic (exact) mass is 383 g/mol. The SMILES string of the molecule is O=C(NCc1ccc(-c2ccccc2)cc1)[C@@H]1O[C@@H]2CN(C(=O)NO)C[C@H]1O2. The molecule has 8 heteroatoms. The molecule has 2 aromatic carbocycles. The standard InChI is InChI=1S/C20H21N3O5/c24-19(18-16-11-23(20(25)22-26)12-17(27-16)28-18)21-10-13-6-8-15(9-7-13)14-4-2-1-3-5-14/h1-9,16-18,26H,10-12H2,(H,21,24)(H,22,25)/t16-,17-,18-/m1/s1. The summed E-state index contributed by atoms with van der Waals surface area (Å²) in [5.41, 5.74) is 4.80. The van der Waals surface area contributed by atoms with E-state index in [1.807, 2.05) is 54.6 Å². The summed E-state index contributed by atoms with van der Waals surface area (Å²) in [5.74, 6) is -0.286. The van der Waals surface area contributed by atoms with Crippen molar-refractivity contribution in [1.29, 1.82) is 0 Å². The molecule has 2 fully saturated rings. The van der Waals surface area contributed by atoms with Gasteiger partial charge < -0.3 is 19.7 Å². The summed E-state index contributed by atoms with van der Waals surface area (Å²) >= 11 is 0. The molecule has 3 N–H and O–H groups in total. The molecule has 0 unspecified atom stereocenters. The van der Waals surface area contributed by atoms with Gasteiger partial charge in [0, 0.05) is 6.54 Å². The molecule has 2 saturated heterocycles. The number of hydroxylamine groups is 1. The lowest BCUT2D eigenvalue weighted by Crippen LogP contribution is -2.51. The van der Waals surface area contributed by atoms with E-state index < -0.39 is 24.5 Å². The Morgan fingerprint density at radius 3 is 2.43 bits per heavy atom. The van der Waals surface area contributed by atoms with E-state index in [4.69, 9.17) is 14.7 Å². The van der Waals surface area contributed by atoms with Crippen LogP contribution in [-0.2, 0) is 20.8 Å². The van der Waals surface area contributed by atoms with Crippen LogP contribution in [0.5, 0.6) is 0 Å². The zero-order valence-corrected chi connectivity index (χ0v) is 15.1. The van der Waals surface area contributed by atoms with Crippen LogP contribution >= 0.6 is 0 Å². The number of amides is 3. The van der Waals surface area contributed by atoms with Crippen molar-refractivity contribution in [2.45, 2.75) is 25.0 Å². The predicted octanol–water partition coefficient (Wildman–Crippen LogP) is 1.49. The lowest BCUT2D eigenvalue weighted by molar-refractivity contribution is -0.134. The van der Waals surface area contributed by atoms with Crippen LogP contribution in [0.1, 0.15) is 5.56 Å². The quantitative estimate of drug-likeness (QED) is 0.549. The Balaban J connectivity index is 1.33. The molecule has 2 aliphatic heterocycles. The van der Waals surface area contributed by atoms with Gasteiger partial charge in [-0.1, -0.05) is 54.6 Å². The number of hydrogen-bond acceptors (Lipinski definition) is 5. The summed E-state index contributed by atoms with van der Waals surface area (Å²) in [4.78, 5) is 25.4. The second kappa shape index (κ2) is 7.97. The zero-order chi connectivity index (χ0) is 19.5. The maximum absolute atomic E-state index is 12.5. The van der Waals surface area contributed by atoms with E-state index in [1.54, 1.807) is 5.48 Å². The maximum Gasteiger partial charge on any atom is 0.341 e. The Bertz CT molecular complexity index is 843. The smallest absolute Gasteiger partial charge is 0.341 e. The zero-order valence-electron chi connectivity index (χ0n) is 15.1. The molecule has 0 spiro atoms. The Hall–Kier alpha value is -2.94. The molecule has 4 rings (SSSR count). The van der Waals surface area contributed by atoms with Gasteiger partial charge in [0.15, 0.2) is 12.4 Å². The molecule has 3 atom stereocenters. The fraction of sp³-hybridized carbons (Fsp3) is 0.300. The lowest BCUT2D eigenvalue weighted by Gasteiger charge is -2.29. The predicted molar refractivity (Wildman–Crippen MR) is 99.1 cm³/mol. The molecular formula is C20H21N3O5. The topological polar surface area (TPSA) is 100 Å². The first kappa shape index (κ1) is 18.4. The first-order chi connectivity index (χ1) is 13.6. The highest BCUT2D eigenvalue weighted by atomic mass is 16.7. The highest BCUT2D eigenvalue weighted by Gasteiger charge is 2.46. The third-order valence-corrected chi connectivity index (χ3v) is 4.90. The van der Waals surface area contributed by atoms with Gasteiger partial charge in [0.1, 0.15) is 6.10 Å². The number of carbonyl (C=O) groups excluding carboxylic acids is 2.